The molecule has 0 spiro atoms. The molecule has 0 amide bonds. The first kappa shape index (κ1) is 15.1. The predicted octanol–water partition coefficient (Wildman–Crippen LogP) is 4.06. The second-order valence-corrected chi connectivity index (χ2v) is 5.08. The fourth-order valence-corrected chi connectivity index (χ4v) is 2.14. The lowest BCUT2D eigenvalue weighted by Gasteiger charge is -2.21. The molecule has 0 aromatic heterocycles. The molecule has 1 nitrogen and oxygen atoms in total. The lowest BCUT2D eigenvalue weighted by molar-refractivity contribution is 0.414. The minimum Gasteiger partial charge on any atom is -0.311 e. The van der Waals surface area contributed by atoms with E-state index >= 15 is 0 Å². The van der Waals surface area contributed by atoms with Crippen LogP contribution in [0.1, 0.15) is 45.6 Å². The first-order chi connectivity index (χ1) is 8.54. The topological polar surface area (TPSA) is 12.0 Å². The molecule has 0 radical (unpaired) electrons. The standard InChI is InChI=1S/C15H23F2N/c1-4-5-8-13(18-11(2)3)10-12-7-6-9-14(16)15(12)17/h6-7,9,11,13,18H,4-5,8,10H2,1-3H3. The van der Waals surface area contributed by atoms with Crippen molar-refractivity contribution in [3.63, 3.8) is 0 Å². The average Bonchev–Trinajstić information content (AvgIpc) is 2.31. The summed E-state index contributed by atoms with van der Waals surface area (Å²) in [6.07, 6.45) is 3.75. The molecule has 1 N–H and O–H groups in total. The fourth-order valence-electron chi connectivity index (χ4n) is 2.14. The van der Waals surface area contributed by atoms with Crippen molar-refractivity contribution in [1.82, 2.24) is 5.32 Å². The summed E-state index contributed by atoms with van der Waals surface area (Å²) in [6.45, 7) is 6.27. The van der Waals surface area contributed by atoms with Gasteiger partial charge in [0.1, 0.15) is 0 Å². The van der Waals surface area contributed by atoms with Crippen molar-refractivity contribution in [2.45, 2.75) is 58.5 Å². The summed E-state index contributed by atoms with van der Waals surface area (Å²) in [7, 11) is 0. The minimum atomic E-state index is -0.758. The molecule has 18 heavy (non-hydrogen) atoms. The molecule has 0 heterocycles. The van der Waals surface area contributed by atoms with E-state index in [0.29, 0.717) is 18.0 Å². The summed E-state index contributed by atoms with van der Waals surface area (Å²) in [5, 5.41) is 3.42. The van der Waals surface area contributed by atoms with E-state index in [2.05, 4.69) is 26.1 Å². The maximum absolute atomic E-state index is 13.6. The van der Waals surface area contributed by atoms with Crippen LogP contribution in [0.15, 0.2) is 18.2 Å². The molecule has 1 aromatic rings. The number of hydrogen-bond acceptors (Lipinski definition) is 1. The summed E-state index contributed by atoms with van der Waals surface area (Å²) in [4.78, 5) is 0. The van der Waals surface area contributed by atoms with Crippen LogP contribution < -0.4 is 5.32 Å². The average molecular weight is 255 g/mol. The van der Waals surface area contributed by atoms with Gasteiger partial charge in [-0.3, -0.25) is 0 Å². The van der Waals surface area contributed by atoms with E-state index in [1.54, 1.807) is 12.1 Å². The highest BCUT2D eigenvalue weighted by molar-refractivity contribution is 5.20. The van der Waals surface area contributed by atoms with Crippen LogP contribution in [0.5, 0.6) is 0 Å². The zero-order valence-corrected chi connectivity index (χ0v) is 11.5. The quantitative estimate of drug-likeness (QED) is 0.774. The summed E-state index contributed by atoms with van der Waals surface area (Å²) < 4.78 is 26.8. The Kier molecular flexibility index (Phi) is 6.27. The highest BCUT2D eigenvalue weighted by Crippen LogP contribution is 2.15. The van der Waals surface area contributed by atoms with Gasteiger partial charge in [-0.25, -0.2) is 8.78 Å². The molecule has 102 valence electrons. The first-order valence-electron chi connectivity index (χ1n) is 6.73. The molecule has 1 unspecified atom stereocenters. The lowest BCUT2D eigenvalue weighted by Crippen LogP contribution is -2.36. The Morgan fingerprint density at radius 1 is 1.22 bits per heavy atom. The van der Waals surface area contributed by atoms with Crippen LogP contribution in [0.4, 0.5) is 8.78 Å². The number of halogens is 2. The molecule has 1 rings (SSSR count). The maximum Gasteiger partial charge on any atom is 0.162 e. The third-order valence-electron chi connectivity index (χ3n) is 2.97. The number of unbranched alkanes of at least 4 members (excludes halogenated alkanes) is 1. The highest BCUT2D eigenvalue weighted by Gasteiger charge is 2.14. The van der Waals surface area contributed by atoms with Crippen molar-refractivity contribution >= 4 is 0 Å². The monoisotopic (exact) mass is 255 g/mol. The molecule has 1 atom stereocenters. The van der Waals surface area contributed by atoms with Gasteiger partial charge in [0.15, 0.2) is 11.6 Å². The number of rotatable bonds is 7. The maximum atomic E-state index is 13.6. The third-order valence-corrected chi connectivity index (χ3v) is 2.97. The van der Waals surface area contributed by atoms with Gasteiger partial charge in [-0.15, -0.1) is 0 Å². The zero-order chi connectivity index (χ0) is 13.5. The van der Waals surface area contributed by atoms with Crippen molar-refractivity contribution < 1.29 is 8.78 Å². The second-order valence-electron chi connectivity index (χ2n) is 5.08. The van der Waals surface area contributed by atoms with Crippen LogP contribution in [-0.4, -0.2) is 12.1 Å². The van der Waals surface area contributed by atoms with E-state index in [0.717, 1.165) is 25.3 Å². The van der Waals surface area contributed by atoms with Gasteiger partial charge >= 0.3 is 0 Å². The van der Waals surface area contributed by atoms with Gasteiger partial charge < -0.3 is 5.32 Å². The van der Waals surface area contributed by atoms with Gasteiger partial charge in [-0.2, -0.15) is 0 Å². The van der Waals surface area contributed by atoms with E-state index in [1.165, 1.54) is 0 Å². The Labute approximate surface area is 109 Å². The van der Waals surface area contributed by atoms with Crippen LogP contribution in [-0.2, 0) is 6.42 Å². The summed E-state index contributed by atoms with van der Waals surface area (Å²) in [6, 6.07) is 4.96. The summed E-state index contributed by atoms with van der Waals surface area (Å²) in [5.74, 6) is -1.46. The van der Waals surface area contributed by atoms with Crippen LogP contribution in [0.3, 0.4) is 0 Å². The SMILES string of the molecule is CCCCC(Cc1cccc(F)c1F)NC(C)C. The van der Waals surface area contributed by atoms with Crippen molar-refractivity contribution in [3.05, 3.63) is 35.4 Å². The largest absolute Gasteiger partial charge is 0.311 e. The molecule has 0 saturated carbocycles. The molecule has 0 aliphatic carbocycles. The van der Waals surface area contributed by atoms with Gasteiger partial charge in [0.25, 0.3) is 0 Å². The summed E-state index contributed by atoms with van der Waals surface area (Å²) >= 11 is 0. The van der Waals surface area contributed by atoms with Gasteiger partial charge in [0, 0.05) is 12.1 Å². The van der Waals surface area contributed by atoms with E-state index in [1.807, 2.05) is 0 Å². The Morgan fingerprint density at radius 3 is 2.56 bits per heavy atom. The zero-order valence-electron chi connectivity index (χ0n) is 11.5. The van der Waals surface area contributed by atoms with Crippen LogP contribution in [0, 0.1) is 11.6 Å². The molecule has 0 fully saturated rings. The van der Waals surface area contributed by atoms with Crippen molar-refractivity contribution in [2.75, 3.05) is 0 Å². The Hall–Kier alpha value is -0.960. The van der Waals surface area contributed by atoms with Crippen LogP contribution in [0.2, 0.25) is 0 Å². The van der Waals surface area contributed by atoms with Crippen molar-refractivity contribution in [3.8, 4) is 0 Å². The Balaban J connectivity index is 2.72. The molecule has 0 aliphatic heterocycles. The van der Waals surface area contributed by atoms with E-state index in [-0.39, 0.29) is 6.04 Å². The molecule has 1 aromatic carbocycles. The molecular formula is C15H23F2N. The van der Waals surface area contributed by atoms with Gasteiger partial charge in [0.05, 0.1) is 0 Å². The second kappa shape index (κ2) is 7.47. The van der Waals surface area contributed by atoms with Crippen LogP contribution in [0.25, 0.3) is 0 Å². The fraction of sp³-hybridized carbons (Fsp3) is 0.600. The smallest absolute Gasteiger partial charge is 0.162 e. The van der Waals surface area contributed by atoms with Gasteiger partial charge in [0.2, 0.25) is 0 Å². The predicted molar refractivity (Wildman–Crippen MR) is 71.6 cm³/mol. The van der Waals surface area contributed by atoms with E-state index in [4.69, 9.17) is 0 Å². The Bertz CT molecular complexity index is 364. The molecule has 0 saturated heterocycles. The van der Waals surface area contributed by atoms with E-state index in [9.17, 15) is 8.78 Å². The van der Waals surface area contributed by atoms with Crippen LogP contribution >= 0.6 is 0 Å². The number of hydrogen-bond donors (Lipinski definition) is 1. The molecular weight excluding hydrogens is 232 g/mol. The molecule has 0 aliphatic rings. The molecule has 3 heteroatoms. The van der Waals surface area contributed by atoms with Crippen molar-refractivity contribution in [2.24, 2.45) is 0 Å². The highest BCUT2D eigenvalue weighted by atomic mass is 19.2. The lowest BCUT2D eigenvalue weighted by atomic mass is 10.00. The van der Waals surface area contributed by atoms with E-state index < -0.39 is 11.6 Å². The molecule has 0 bridgehead atoms. The van der Waals surface area contributed by atoms with Gasteiger partial charge in [-0.1, -0.05) is 45.7 Å². The first-order valence-corrected chi connectivity index (χ1v) is 6.73. The summed E-state index contributed by atoms with van der Waals surface area (Å²) in [5.41, 5.74) is 0.462. The third kappa shape index (κ3) is 4.73. The normalized spacial score (nSPS) is 13.0. The van der Waals surface area contributed by atoms with Gasteiger partial charge in [-0.05, 0) is 24.5 Å². The Morgan fingerprint density at radius 2 is 1.94 bits per heavy atom. The van der Waals surface area contributed by atoms with Crippen molar-refractivity contribution in [1.29, 1.82) is 0 Å². The number of benzene rings is 1. The number of nitrogens with one attached hydrogen (secondary N) is 1. The minimum absolute atomic E-state index is 0.209.